The molecule has 0 spiro atoms. The van der Waals surface area contributed by atoms with Crippen molar-refractivity contribution in [1.29, 1.82) is 0 Å². The number of hydrogen-bond donors (Lipinski definition) is 2. The van der Waals surface area contributed by atoms with Gasteiger partial charge in [-0.05, 0) is 43.4 Å². The van der Waals surface area contributed by atoms with Gasteiger partial charge >= 0.3 is 12.1 Å². The van der Waals surface area contributed by atoms with Gasteiger partial charge in [-0.1, -0.05) is 12.5 Å². The molecule has 2 saturated heterocycles. The van der Waals surface area contributed by atoms with Crippen molar-refractivity contribution < 1.29 is 14.3 Å². The van der Waals surface area contributed by atoms with Crippen LogP contribution in [0.4, 0.5) is 21.0 Å². The second-order valence-corrected chi connectivity index (χ2v) is 8.04. The largest absolute Gasteiger partial charge is 0.384 e. The van der Waals surface area contributed by atoms with Crippen LogP contribution in [0.15, 0.2) is 18.2 Å². The van der Waals surface area contributed by atoms with Crippen LogP contribution in [0.5, 0.6) is 0 Å². The van der Waals surface area contributed by atoms with E-state index in [0.717, 1.165) is 36.6 Å². The van der Waals surface area contributed by atoms with E-state index in [1.165, 1.54) is 19.3 Å². The van der Waals surface area contributed by atoms with Gasteiger partial charge in [0.2, 0.25) is 0 Å². The summed E-state index contributed by atoms with van der Waals surface area (Å²) in [5, 5.41) is 5.85. The number of anilines is 2. The molecule has 27 heavy (non-hydrogen) atoms. The molecule has 1 aliphatic carbocycles. The van der Waals surface area contributed by atoms with Crippen LogP contribution in [0.25, 0.3) is 0 Å². The Balaban J connectivity index is 1.42. The smallest absolute Gasteiger partial charge is 0.322 e. The lowest BCUT2D eigenvalue weighted by molar-refractivity contribution is -0.0920. The molecule has 0 radical (unpaired) electrons. The lowest BCUT2D eigenvalue weighted by atomic mass is 9.61. The normalized spacial score (nSPS) is 21.5. The molecule has 1 saturated carbocycles. The first-order chi connectivity index (χ1) is 13.0. The number of carbonyl (C=O) groups is 2. The van der Waals surface area contributed by atoms with E-state index in [9.17, 15) is 9.59 Å². The molecule has 2 aliphatic heterocycles. The molecule has 0 bridgehead atoms. The lowest BCUT2D eigenvalue weighted by Crippen LogP contribution is -2.65. The Labute approximate surface area is 160 Å². The predicted molar refractivity (Wildman–Crippen MR) is 104 cm³/mol. The number of rotatable bonds is 5. The van der Waals surface area contributed by atoms with Gasteiger partial charge in [-0.3, -0.25) is 4.90 Å². The summed E-state index contributed by atoms with van der Waals surface area (Å²) in [7, 11) is 1.74. The number of ether oxygens (including phenoxy) is 1. The average Bonchev–Trinajstić information content (AvgIpc) is 2.98. The molecule has 146 valence electrons. The molecule has 7 heteroatoms. The summed E-state index contributed by atoms with van der Waals surface area (Å²) in [6, 6.07) is 5.52. The van der Waals surface area contributed by atoms with Gasteiger partial charge < -0.3 is 20.3 Å². The highest BCUT2D eigenvalue weighted by Crippen LogP contribution is 2.48. The third-order valence-corrected chi connectivity index (χ3v) is 6.40. The van der Waals surface area contributed by atoms with Crippen molar-refractivity contribution >= 4 is 23.4 Å². The van der Waals surface area contributed by atoms with Gasteiger partial charge in [0.25, 0.3) is 0 Å². The maximum absolute atomic E-state index is 12.7. The molecule has 4 rings (SSSR count). The maximum atomic E-state index is 12.7. The standard InChI is InChI=1S/C20H28N4O3/c1-14-16(7-4-8-17(14)24-10-9-21-18(24)25)22-19(26)23-11-20(12-23,13-27-2)15-5-3-6-15/h4,7-8,15H,3,5-6,9-13H2,1-2H3,(H,21,25)(H,22,26). The van der Waals surface area contributed by atoms with Crippen molar-refractivity contribution in [2.24, 2.45) is 11.3 Å². The molecular weight excluding hydrogens is 344 g/mol. The van der Waals surface area contributed by atoms with E-state index in [0.29, 0.717) is 19.0 Å². The quantitative estimate of drug-likeness (QED) is 0.835. The first kappa shape index (κ1) is 18.1. The van der Waals surface area contributed by atoms with Gasteiger partial charge in [0, 0.05) is 44.4 Å². The third kappa shape index (κ3) is 3.14. The molecule has 2 heterocycles. The van der Waals surface area contributed by atoms with Crippen LogP contribution in [-0.4, -0.2) is 56.9 Å². The SMILES string of the molecule is COCC1(C2CCC2)CN(C(=O)Nc2cccc(N3CCNC3=O)c2C)C1. The fourth-order valence-electron chi connectivity index (χ4n) is 4.58. The predicted octanol–water partition coefficient (Wildman–Crippen LogP) is 2.81. The second kappa shape index (κ2) is 7.03. The van der Waals surface area contributed by atoms with Gasteiger partial charge in [-0.2, -0.15) is 0 Å². The van der Waals surface area contributed by atoms with E-state index in [1.807, 2.05) is 30.0 Å². The monoisotopic (exact) mass is 372 g/mol. The average molecular weight is 372 g/mol. The Kier molecular flexibility index (Phi) is 4.72. The fourth-order valence-corrected chi connectivity index (χ4v) is 4.58. The number of carbonyl (C=O) groups excluding carboxylic acids is 2. The second-order valence-electron chi connectivity index (χ2n) is 8.04. The summed E-state index contributed by atoms with van der Waals surface area (Å²) in [5.74, 6) is 0.681. The minimum atomic E-state index is -0.0887. The van der Waals surface area contributed by atoms with Crippen molar-refractivity contribution in [3.05, 3.63) is 23.8 Å². The highest BCUT2D eigenvalue weighted by molar-refractivity contribution is 5.97. The zero-order valence-corrected chi connectivity index (χ0v) is 16.1. The highest BCUT2D eigenvalue weighted by Gasteiger charge is 2.52. The Morgan fingerprint density at radius 1 is 1.37 bits per heavy atom. The molecule has 7 nitrogen and oxygen atoms in total. The van der Waals surface area contributed by atoms with Gasteiger partial charge in [-0.25, -0.2) is 9.59 Å². The van der Waals surface area contributed by atoms with Crippen molar-refractivity contribution in [1.82, 2.24) is 10.2 Å². The van der Waals surface area contributed by atoms with E-state index in [2.05, 4.69) is 10.6 Å². The molecule has 0 unspecified atom stereocenters. The minimum absolute atomic E-state index is 0.0767. The van der Waals surface area contributed by atoms with E-state index in [-0.39, 0.29) is 17.5 Å². The van der Waals surface area contributed by atoms with Crippen molar-refractivity contribution in [3.8, 4) is 0 Å². The van der Waals surface area contributed by atoms with Crippen LogP contribution in [-0.2, 0) is 4.74 Å². The number of likely N-dealkylation sites (tertiary alicyclic amines) is 1. The molecular formula is C20H28N4O3. The number of benzene rings is 1. The summed E-state index contributed by atoms with van der Waals surface area (Å²) in [6.45, 7) is 5.46. The van der Waals surface area contributed by atoms with Crippen LogP contribution in [0.3, 0.4) is 0 Å². The Morgan fingerprint density at radius 3 is 2.74 bits per heavy atom. The maximum Gasteiger partial charge on any atom is 0.322 e. The van der Waals surface area contributed by atoms with Crippen molar-refractivity contribution in [2.45, 2.75) is 26.2 Å². The topological polar surface area (TPSA) is 73.9 Å². The highest BCUT2D eigenvalue weighted by atomic mass is 16.5. The lowest BCUT2D eigenvalue weighted by Gasteiger charge is -2.56. The molecule has 3 aliphatic rings. The summed E-state index contributed by atoms with van der Waals surface area (Å²) < 4.78 is 5.45. The van der Waals surface area contributed by atoms with Crippen molar-refractivity contribution in [2.75, 3.05) is 50.1 Å². The number of urea groups is 2. The van der Waals surface area contributed by atoms with Gasteiger partial charge in [0.05, 0.1) is 12.3 Å². The summed E-state index contributed by atoms with van der Waals surface area (Å²) in [6.07, 6.45) is 3.79. The van der Waals surface area contributed by atoms with E-state index in [1.54, 1.807) is 12.0 Å². The molecule has 3 fully saturated rings. The number of hydrogen-bond acceptors (Lipinski definition) is 3. The minimum Gasteiger partial charge on any atom is -0.384 e. The fraction of sp³-hybridized carbons (Fsp3) is 0.600. The van der Waals surface area contributed by atoms with Crippen LogP contribution in [0.2, 0.25) is 0 Å². The van der Waals surface area contributed by atoms with E-state index >= 15 is 0 Å². The zero-order valence-electron chi connectivity index (χ0n) is 16.1. The van der Waals surface area contributed by atoms with Crippen LogP contribution < -0.4 is 15.5 Å². The summed E-state index contributed by atoms with van der Waals surface area (Å²) >= 11 is 0. The van der Waals surface area contributed by atoms with Crippen LogP contribution in [0.1, 0.15) is 24.8 Å². The third-order valence-electron chi connectivity index (χ3n) is 6.40. The van der Waals surface area contributed by atoms with Crippen LogP contribution in [0, 0.1) is 18.3 Å². The van der Waals surface area contributed by atoms with Gasteiger partial charge in [0.1, 0.15) is 0 Å². The molecule has 1 aromatic rings. The summed E-state index contributed by atoms with van der Waals surface area (Å²) in [4.78, 5) is 28.3. The first-order valence-corrected chi connectivity index (χ1v) is 9.74. The Morgan fingerprint density at radius 2 is 2.15 bits per heavy atom. The molecule has 0 aromatic heterocycles. The molecule has 1 aromatic carbocycles. The molecule has 2 N–H and O–H groups in total. The molecule has 4 amide bonds. The Bertz CT molecular complexity index is 741. The Hall–Kier alpha value is -2.28. The van der Waals surface area contributed by atoms with Crippen molar-refractivity contribution in [3.63, 3.8) is 0 Å². The number of nitrogens with one attached hydrogen (secondary N) is 2. The number of methoxy groups -OCH3 is 1. The van der Waals surface area contributed by atoms with E-state index in [4.69, 9.17) is 4.74 Å². The number of nitrogens with zero attached hydrogens (tertiary/aromatic N) is 2. The summed E-state index contributed by atoms with van der Waals surface area (Å²) in [5.41, 5.74) is 2.64. The molecule has 0 atom stereocenters. The first-order valence-electron chi connectivity index (χ1n) is 9.74. The number of amides is 4. The van der Waals surface area contributed by atoms with E-state index < -0.39 is 0 Å². The van der Waals surface area contributed by atoms with Gasteiger partial charge in [0.15, 0.2) is 0 Å². The zero-order chi connectivity index (χ0) is 19.0. The van der Waals surface area contributed by atoms with Crippen LogP contribution >= 0.6 is 0 Å². The van der Waals surface area contributed by atoms with Gasteiger partial charge in [-0.15, -0.1) is 0 Å².